The SMILES string of the molecule is Cc1csc(C(C)Nc2nnc(-c3cc(Br)ccc3F)s2)n1. The second kappa shape index (κ2) is 6.39. The molecule has 114 valence electrons. The van der Waals surface area contributed by atoms with E-state index in [0.29, 0.717) is 15.7 Å². The third kappa shape index (κ3) is 3.34. The normalized spacial score (nSPS) is 12.4. The Labute approximate surface area is 143 Å². The number of aromatic nitrogens is 3. The number of halogens is 2. The molecule has 3 aromatic rings. The van der Waals surface area contributed by atoms with E-state index in [2.05, 4.69) is 36.4 Å². The Morgan fingerprint density at radius 2 is 2.14 bits per heavy atom. The van der Waals surface area contributed by atoms with Crippen LogP contribution in [0.1, 0.15) is 23.7 Å². The molecule has 0 bridgehead atoms. The van der Waals surface area contributed by atoms with Crippen molar-refractivity contribution in [3.63, 3.8) is 0 Å². The molecule has 0 aliphatic rings. The van der Waals surface area contributed by atoms with Crippen LogP contribution >= 0.6 is 38.6 Å². The van der Waals surface area contributed by atoms with Crippen molar-refractivity contribution in [2.75, 3.05) is 5.32 Å². The lowest BCUT2D eigenvalue weighted by molar-refractivity contribution is 0.630. The molecule has 0 radical (unpaired) electrons. The van der Waals surface area contributed by atoms with Gasteiger partial charge in [0.1, 0.15) is 10.8 Å². The first-order valence-corrected chi connectivity index (χ1v) is 8.99. The second-order valence-electron chi connectivity index (χ2n) is 4.73. The Bertz CT molecular complexity index is 802. The van der Waals surface area contributed by atoms with Gasteiger partial charge < -0.3 is 5.32 Å². The van der Waals surface area contributed by atoms with Crippen LogP contribution in [0.15, 0.2) is 28.1 Å². The minimum absolute atomic E-state index is 0.0341. The molecule has 0 amide bonds. The van der Waals surface area contributed by atoms with E-state index >= 15 is 0 Å². The minimum Gasteiger partial charge on any atom is -0.351 e. The van der Waals surface area contributed by atoms with Crippen LogP contribution in [0.5, 0.6) is 0 Å². The number of hydrogen-bond donors (Lipinski definition) is 1. The summed E-state index contributed by atoms with van der Waals surface area (Å²) < 4.78 is 14.7. The van der Waals surface area contributed by atoms with Gasteiger partial charge in [-0.3, -0.25) is 0 Å². The number of hydrogen-bond acceptors (Lipinski definition) is 6. The average molecular weight is 399 g/mol. The van der Waals surface area contributed by atoms with Crippen LogP contribution in [-0.4, -0.2) is 15.2 Å². The largest absolute Gasteiger partial charge is 0.351 e. The fraction of sp³-hybridized carbons (Fsp3) is 0.214. The average Bonchev–Trinajstić information content (AvgIpc) is 3.11. The van der Waals surface area contributed by atoms with E-state index in [1.54, 1.807) is 23.5 Å². The molecule has 1 aromatic carbocycles. The van der Waals surface area contributed by atoms with Gasteiger partial charge in [-0.05, 0) is 32.0 Å². The molecular formula is C14H12BrFN4S2. The van der Waals surface area contributed by atoms with Gasteiger partial charge in [-0.25, -0.2) is 9.37 Å². The van der Waals surface area contributed by atoms with Gasteiger partial charge in [0.25, 0.3) is 0 Å². The molecule has 1 unspecified atom stereocenters. The van der Waals surface area contributed by atoms with Gasteiger partial charge in [0.2, 0.25) is 5.13 Å². The first kappa shape index (κ1) is 15.5. The van der Waals surface area contributed by atoms with Gasteiger partial charge in [-0.15, -0.1) is 21.5 Å². The highest BCUT2D eigenvalue weighted by molar-refractivity contribution is 9.10. The maximum atomic E-state index is 13.9. The molecule has 3 rings (SSSR count). The van der Waals surface area contributed by atoms with Gasteiger partial charge in [0.15, 0.2) is 5.01 Å². The molecule has 0 saturated heterocycles. The van der Waals surface area contributed by atoms with Crippen LogP contribution < -0.4 is 5.32 Å². The summed E-state index contributed by atoms with van der Waals surface area (Å²) in [5.41, 5.74) is 1.44. The zero-order chi connectivity index (χ0) is 15.7. The molecule has 8 heteroatoms. The number of thiazole rings is 1. The molecule has 0 aliphatic heterocycles. The third-order valence-corrected chi connectivity index (χ3v) is 5.46. The van der Waals surface area contributed by atoms with Crippen LogP contribution in [0.2, 0.25) is 0 Å². The standard InChI is InChI=1S/C14H12BrFN4S2/c1-7-6-21-12(17-7)8(2)18-14-20-19-13(22-14)10-5-9(15)3-4-11(10)16/h3-6,8H,1-2H3,(H,18,20). The molecule has 0 fully saturated rings. The van der Waals surface area contributed by atoms with Gasteiger partial charge in [0, 0.05) is 21.1 Å². The van der Waals surface area contributed by atoms with Crippen molar-refractivity contribution < 1.29 is 4.39 Å². The van der Waals surface area contributed by atoms with E-state index in [9.17, 15) is 4.39 Å². The lowest BCUT2D eigenvalue weighted by atomic mass is 10.2. The molecule has 4 nitrogen and oxygen atoms in total. The summed E-state index contributed by atoms with van der Waals surface area (Å²) in [5.74, 6) is -0.311. The van der Waals surface area contributed by atoms with Crippen LogP contribution in [0.3, 0.4) is 0 Å². The molecule has 2 aromatic heterocycles. The number of anilines is 1. The Kier molecular flexibility index (Phi) is 4.51. The quantitative estimate of drug-likeness (QED) is 0.668. The Morgan fingerprint density at radius 3 is 2.86 bits per heavy atom. The highest BCUT2D eigenvalue weighted by Crippen LogP contribution is 2.32. The van der Waals surface area contributed by atoms with Crippen molar-refractivity contribution in [2.24, 2.45) is 0 Å². The van der Waals surface area contributed by atoms with Crippen molar-refractivity contribution in [2.45, 2.75) is 19.9 Å². The van der Waals surface area contributed by atoms with Crippen molar-refractivity contribution in [1.82, 2.24) is 15.2 Å². The fourth-order valence-electron chi connectivity index (χ4n) is 1.87. The number of benzene rings is 1. The molecule has 2 heterocycles. The predicted octanol–water partition coefficient (Wildman–Crippen LogP) is 5.04. The maximum absolute atomic E-state index is 13.9. The van der Waals surface area contributed by atoms with Crippen molar-refractivity contribution >= 4 is 43.7 Å². The predicted molar refractivity (Wildman–Crippen MR) is 91.9 cm³/mol. The van der Waals surface area contributed by atoms with E-state index in [4.69, 9.17) is 0 Å². The highest BCUT2D eigenvalue weighted by atomic mass is 79.9. The lowest BCUT2D eigenvalue weighted by Gasteiger charge is -2.08. The van der Waals surface area contributed by atoms with Gasteiger partial charge >= 0.3 is 0 Å². The summed E-state index contributed by atoms with van der Waals surface area (Å²) in [6, 6.07) is 4.81. The smallest absolute Gasteiger partial charge is 0.206 e. The van der Waals surface area contributed by atoms with Crippen molar-refractivity contribution in [3.8, 4) is 10.6 Å². The first-order chi connectivity index (χ1) is 10.5. The van der Waals surface area contributed by atoms with E-state index in [1.807, 2.05) is 19.2 Å². The fourth-order valence-corrected chi connectivity index (χ4v) is 3.88. The van der Waals surface area contributed by atoms with Crippen molar-refractivity contribution in [1.29, 1.82) is 0 Å². The summed E-state index contributed by atoms with van der Waals surface area (Å²) in [5, 5.41) is 15.6. The summed E-state index contributed by atoms with van der Waals surface area (Å²) in [4.78, 5) is 4.44. The van der Waals surface area contributed by atoms with E-state index < -0.39 is 0 Å². The number of aryl methyl sites for hydroxylation is 1. The molecule has 1 N–H and O–H groups in total. The number of nitrogens with one attached hydrogen (secondary N) is 1. The van der Waals surface area contributed by atoms with Gasteiger partial charge in [0.05, 0.1) is 6.04 Å². The second-order valence-corrected chi connectivity index (χ2v) is 7.51. The highest BCUT2D eigenvalue weighted by Gasteiger charge is 2.15. The van der Waals surface area contributed by atoms with Crippen molar-refractivity contribution in [3.05, 3.63) is 44.6 Å². The summed E-state index contributed by atoms with van der Waals surface area (Å²) >= 11 is 6.26. The number of nitrogens with zero attached hydrogens (tertiary/aromatic N) is 3. The zero-order valence-electron chi connectivity index (χ0n) is 11.8. The van der Waals surface area contributed by atoms with Crippen LogP contribution in [-0.2, 0) is 0 Å². The lowest BCUT2D eigenvalue weighted by Crippen LogP contribution is -2.05. The topological polar surface area (TPSA) is 50.7 Å². The van der Waals surface area contributed by atoms with E-state index in [-0.39, 0.29) is 11.9 Å². The molecule has 0 saturated carbocycles. The molecule has 0 aliphatic carbocycles. The van der Waals surface area contributed by atoms with E-state index in [0.717, 1.165) is 15.2 Å². The maximum Gasteiger partial charge on any atom is 0.206 e. The molecule has 22 heavy (non-hydrogen) atoms. The molecule has 1 atom stereocenters. The first-order valence-electron chi connectivity index (χ1n) is 6.50. The van der Waals surface area contributed by atoms with Crippen LogP contribution in [0.4, 0.5) is 9.52 Å². The number of rotatable bonds is 4. The Balaban J connectivity index is 1.80. The van der Waals surface area contributed by atoms with Crippen LogP contribution in [0, 0.1) is 12.7 Å². The van der Waals surface area contributed by atoms with E-state index in [1.165, 1.54) is 17.4 Å². The van der Waals surface area contributed by atoms with Gasteiger partial charge in [-0.1, -0.05) is 27.3 Å². The minimum atomic E-state index is -0.311. The summed E-state index contributed by atoms with van der Waals surface area (Å²) in [6.07, 6.45) is 0. The van der Waals surface area contributed by atoms with Gasteiger partial charge in [-0.2, -0.15) is 0 Å². The Hall–Kier alpha value is -1.38. The molecular weight excluding hydrogens is 387 g/mol. The third-order valence-electron chi connectivity index (χ3n) is 2.93. The zero-order valence-corrected chi connectivity index (χ0v) is 15.0. The monoisotopic (exact) mass is 398 g/mol. The summed E-state index contributed by atoms with van der Waals surface area (Å²) in [7, 11) is 0. The van der Waals surface area contributed by atoms with Crippen LogP contribution in [0.25, 0.3) is 10.6 Å². The molecule has 0 spiro atoms. The Morgan fingerprint density at radius 1 is 1.32 bits per heavy atom. The summed E-state index contributed by atoms with van der Waals surface area (Å²) in [6.45, 7) is 3.98.